The van der Waals surface area contributed by atoms with Crippen molar-refractivity contribution in [2.75, 3.05) is 7.11 Å². The molecule has 0 saturated carbocycles. The molecule has 0 radical (unpaired) electrons. The van der Waals surface area contributed by atoms with Gasteiger partial charge in [-0.05, 0) is 11.8 Å². The molecule has 0 aromatic carbocycles. The number of amides is 1. The lowest BCUT2D eigenvalue weighted by molar-refractivity contribution is 0.0594. The Morgan fingerprint density at radius 3 is 1.65 bits per heavy atom. The van der Waals surface area contributed by atoms with Crippen molar-refractivity contribution in [2.24, 2.45) is 17.6 Å². The van der Waals surface area contributed by atoms with Crippen LogP contribution < -0.4 is 11.1 Å². The number of aromatic nitrogens is 6. The van der Waals surface area contributed by atoms with Crippen LogP contribution in [0.2, 0.25) is 0 Å². The molecule has 17 nitrogen and oxygen atoms in total. The molecule has 3 N–H and O–H groups in total. The number of methoxy groups -OCH3 is 1. The van der Waals surface area contributed by atoms with Crippen molar-refractivity contribution in [3.8, 4) is 46.3 Å². The fraction of sp³-hybridized carbons (Fsp3) is 0.310. The number of ether oxygens (including phenoxy) is 1. The summed E-state index contributed by atoms with van der Waals surface area (Å²) >= 11 is 0. The van der Waals surface area contributed by atoms with Crippen LogP contribution >= 0.6 is 0 Å². The number of nitrogens with two attached hydrogens (primary N) is 1. The lowest BCUT2D eigenvalue weighted by Crippen LogP contribution is -2.32. The first-order chi connectivity index (χ1) is 22.1. The molecule has 6 aromatic heterocycles. The lowest BCUT2D eigenvalue weighted by atomic mass is 10.0. The Hall–Kier alpha value is -5.84. The van der Waals surface area contributed by atoms with Gasteiger partial charge in [0.15, 0.2) is 34.2 Å². The second-order valence-corrected chi connectivity index (χ2v) is 10.8. The molecule has 0 bridgehead atoms. The minimum absolute atomic E-state index is 0.00164. The summed E-state index contributed by atoms with van der Waals surface area (Å²) in [6, 6.07) is -1.03. The fourth-order valence-corrected chi connectivity index (χ4v) is 4.15. The van der Waals surface area contributed by atoms with E-state index in [-0.39, 0.29) is 75.8 Å². The molecule has 0 aliphatic heterocycles. The normalized spacial score (nSPS) is 13.0. The van der Waals surface area contributed by atoms with E-state index in [4.69, 9.17) is 32.2 Å². The third-order valence-corrected chi connectivity index (χ3v) is 6.79. The molecule has 6 aromatic rings. The summed E-state index contributed by atoms with van der Waals surface area (Å²) in [6.07, 6.45) is 7.73. The van der Waals surface area contributed by atoms with Crippen LogP contribution in [0.3, 0.4) is 0 Å². The molecule has 1 amide bonds. The maximum atomic E-state index is 13.2. The minimum Gasteiger partial charge on any atom is -0.464 e. The Kier molecular flexibility index (Phi) is 8.06. The zero-order valence-electron chi connectivity index (χ0n) is 25.2. The molecule has 0 fully saturated rings. The highest BCUT2D eigenvalue weighted by molar-refractivity contribution is 5.92. The van der Waals surface area contributed by atoms with Crippen molar-refractivity contribution in [2.45, 2.75) is 39.8 Å². The zero-order valence-corrected chi connectivity index (χ0v) is 25.2. The van der Waals surface area contributed by atoms with Gasteiger partial charge in [0.25, 0.3) is 5.91 Å². The molecule has 6 rings (SSSR count). The summed E-state index contributed by atoms with van der Waals surface area (Å²) in [4.78, 5) is 50.6. The first-order valence-corrected chi connectivity index (χ1v) is 14.0. The number of carbonyl (C=O) groups is 2. The summed E-state index contributed by atoms with van der Waals surface area (Å²) in [6.45, 7) is 7.68. The van der Waals surface area contributed by atoms with Crippen molar-refractivity contribution in [3.05, 3.63) is 60.7 Å². The van der Waals surface area contributed by atoms with E-state index in [0.717, 1.165) is 6.26 Å². The Bertz CT molecular complexity index is 1970. The number of carbonyl (C=O) groups excluding carboxylic acids is 2. The molecule has 17 heteroatoms. The maximum Gasteiger partial charge on any atom is 0.360 e. The molecule has 0 saturated heterocycles. The van der Waals surface area contributed by atoms with Gasteiger partial charge in [0.05, 0.1) is 13.2 Å². The Balaban J connectivity index is 1.13. The van der Waals surface area contributed by atoms with Crippen molar-refractivity contribution < 1.29 is 40.8 Å². The quantitative estimate of drug-likeness (QED) is 0.181. The molecule has 238 valence electrons. The SMILES string of the molecule is COC(=O)c1coc(-c2coc(-c3coc(C(NC(=O)c4coc(-c5coc(-c6coc(C(N)C(C)C)n6)n5)n4)C(C)C)n3)n2)n1. The van der Waals surface area contributed by atoms with Gasteiger partial charge in [-0.2, -0.15) is 0 Å². The van der Waals surface area contributed by atoms with Crippen molar-refractivity contribution in [3.63, 3.8) is 0 Å². The van der Waals surface area contributed by atoms with E-state index in [9.17, 15) is 9.59 Å². The number of nitrogens with one attached hydrogen (secondary N) is 1. The number of oxazole rings is 6. The Morgan fingerprint density at radius 1 is 0.630 bits per heavy atom. The number of nitrogens with zero attached hydrogens (tertiary/aromatic N) is 6. The monoisotopic (exact) mass is 632 g/mol. The van der Waals surface area contributed by atoms with E-state index in [0.29, 0.717) is 11.6 Å². The van der Waals surface area contributed by atoms with Crippen molar-refractivity contribution in [1.82, 2.24) is 35.2 Å². The van der Waals surface area contributed by atoms with Crippen LogP contribution in [0.1, 0.15) is 72.5 Å². The second-order valence-electron chi connectivity index (χ2n) is 10.8. The van der Waals surface area contributed by atoms with Crippen LogP contribution in [0.5, 0.6) is 0 Å². The van der Waals surface area contributed by atoms with Crippen LogP contribution in [0.15, 0.2) is 64.1 Å². The number of esters is 1. The van der Waals surface area contributed by atoms with Gasteiger partial charge < -0.3 is 42.3 Å². The molecule has 6 heterocycles. The van der Waals surface area contributed by atoms with Crippen LogP contribution in [-0.4, -0.2) is 48.9 Å². The highest BCUT2D eigenvalue weighted by atomic mass is 16.5. The third-order valence-electron chi connectivity index (χ3n) is 6.79. The minimum atomic E-state index is -0.653. The molecular formula is C29H28N8O9. The summed E-state index contributed by atoms with van der Waals surface area (Å²) in [7, 11) is 1.23. The molecule has 2 atom stereocenters. The van der Waals surface area contributed by atoms with Crippen LogP contribution in [0.4, 0.5) is 0 Å². The topological polar surface area (TPSA) is 238 Å². The van der Waals surface area contributed by atoms with Crippen LogP contribution in [0, 0.1) is 11.8 Å². The Labute approximate surface area is 259 Å². The van der Waals surface area contributed by atoms with Gasteiger partial charge >= 0.3 is 5.97 Å². The van der Waals surface area contributed by atoms with Crippen LogP contribution in [-0.2, 0) is 4.74 Å². The van der Waals surface area contributed by atoms with Gasteiger partial charge in [-0.15, -0.1) is 0 Å². The molecular weight excluding hydrogens is 604 g/mol. The van der Waals surface area contributed by atoms with E-state index in [1.54, 1.807) is 0 Å². The molecule has 0 aliphatic carbocycles. The highest BCUT2D eigenvalue weighted by Crippen LogP contribution is 2.29. The molecule has 0 aliphatic rings. The van der Waals surface area contributed by atoms with E-state index in [1.807, 2.05) is 27.7 Å². The first-order valence-electron chi connectivity index (χ1n) is 14.0. The van der Waals surface area contributed by atoms with E-state index >= 15 is 0 Å². The molecule has 0 spiro atoms. The summed E-state index contributed by atoms with van der Waals surface area (Å²) in [5.41, 5.74) is 7.19. The third kappa shape index (κ3) is 5.94. The Morgan fingerprint density at radius 2 is 1.09 bits per heavy atom. The molecule has 46 heavy (non-hydrogen) atoms. The van der Waals surface area contributed by atoms with Gasteiger partial charge in [0.2, 0.25) is 35.3 Å². The maximum absolute atomic E-state index is 13.2. The number of hydrogen-bond donors (Lipinski definition) is 2. The second kappa shape index (κ2) is 12.3. The van der Waals surface area contributed by atoms with Gasteiger partial charge in [0, 0.05) is 0 Å². The van der Waals surface area contributed by atoms with Gasteiger partial charge in [-0.3, -0.25) is 4.79 Å². The molecule has 2 unspecified atom stereocenters. The number of hydrogen-bond acceptors (Lipinski definition) is 16. The summed E-state index contributed by atoms with van der Waals surface area (Å²) in [5, 5.41) is 2.87. The van der Waals surface area contributed by atoms with Crippen LogP contribution in [0.25, 0.3) is 46.3 Å². The van der Waals surface area contributed by atoms with E-state index < -0.39 is 17.9 Å². The van der Waals surface area contributed by atoms with Crippen molar-refractivity contribution >= 4 is 11.9 Å². The highest BCUT2D eigenvalue weighted by Gasteiger charge is 2.28. The zero-order chi connectivity index (χ0) is 32.5. The first kappa shape index (κ1) is 30.2. The van der Waals surface area contributed by atoms with Gasteiger partial charge in [0.1, 0.15) is 43.6 Å². The largest absolute Gasteiger partial charge is 0.464 e. The van der Waals surface area contributed by atoms with Gasteiger partial charge in [-0.1, -0.05) is 27.7 Å². The van der Waals surface area contributed by atoms with Gasteiger partial charge in [-0.25, -0.2) is 34.7 Å². The van der Waals surface area contributed by atoms with E-state index in [2.05, 4.69) is 40.0 Å². The summed E-state index contributed by atoms with van der Waals surface area (Å²) < 4.78 is 37.6. The predicted molar refractivity (Wildman–Crippen MR) is 153 cm³/mol. The van der Waals surface area contributed by atoms with Crippen molar-refractivity contribution in [1.29, 1.82) is 0 Å². The summed E-state index contributed by atoms with van der Waals surface area (Å²) in [5.74, 6) is -0.234. The smallest absolute Gasteiger partial charge is 0.360 e. The number of rotatable bonds is 11. The fourth-order valence-electron chi connectivity index (χ4n) is 4.15. The average molecular weight is 633 g/mol. The van der Waals surface area contributed by atoms with E-state index in [1.165, 1.54) is 38.4 Å². The average Bonchev–Trinajstić information content (AvgIpc) is 3.89. The lowest BCUT2D eigenvalue weighted by Gasteiger charge is -2.18. The predicted octanol–water partition coefficient (Wildman–Crippen LogP) is 4.85. The standard InChI is InChI=1S/C29H28N8O9/c1-12(2)20(30)27-34-17(9-45-27)24-32-15(7-42-24)23-31-14(6-41-23)22(38)37-21(13(3)4)28-35-18(10-46-28)25-33-16(8-43-25)26-36-19(11-44-26)29(39)40-5/h6-13,20-21H,30H2,1-5H3,(H,37,38).